The first-order valence-electron chi connectivity index (χ1n) is 13.3. The highest BCUT2D eigenvalue weighted by molar-refractivity contribution is 7.89. The third-order valence-corrected chi connectivity index (χ3v) is 8.93. The van der Waals surface area contributed by atoms with Crippen LogP contribution in [0.5, 0.6) is 5.75 Å². The highest BCUT2D eigenvalue weighted by Gasteiger charge is 2.33. The molecule has 0 saturated carbocycles. The van der Waals surface area contributed by atoms with Crippen LogP contribution in [0.1, 0.15) is 74.0 Å². The Bertz CT molecular complexity index is 1540. The number of nitrogens with two attached hydrogens (primary N) is 1. The Hall–Kier alpha value is -3.12. The molecule has 3 unspecified atom stereocenters. The number of alkyl halides is 3. The van der Waals surface area contributed by atoms with Gasteiger partial charge in [-0.15, -0.1) is 0 Å². The monoisotopic (exact) mass is 623 g/mol. The number of hydrogen-bond donors (Lipinski definition) is 3. The lowest BCUT2D eigenvalue weighted by Crippen LogP contribution is -2.37. The highest BCUT2D eigenvalue weighted by atomic mass is 35.5. The maximum atomic E-state index is 13.3. The van der Waals surface area contributed by atoms with Crippen molar-refractivity contribution in [1.29, 1.82) is 0 Å². The zero-order valence-electron chi connectivity index (χ0n) is 23.3. The fraction of sp³-hybridized carbons (Fsp3) is 0.367. The van der Waals surface area contributed by atoms with Gasteiger partial charge < -0.3 is 15.8 Å². The summed E-state index contributed by atoms with van der Waals surface area (Å²) in [5.74, 6) is 0.0792. The van der Waals surface area contributed by atoms with E-state index in [-0.39, 0.29) is 17.9 Å². The van der Waals surface area contributed by atoms with Crippen molar-refractivity contribution in [3.63, 3.8) is 0 Å². The molecular formula is C30H33ClF3N3O4S. The zero-order valence-corrected chi connectivity index (χ0v) is 24.9. The van der Waals surface area contributed by atoms with E-state index < -0.39 is 44.6 Å². The topological polar surface area (TPSA) is 111 Å². The number of fused-ring (bicyclic) bond motifs is 1. The second kappa shape index (κ2) is 12.2. The third kappa shape index (κ3) is 7.44. The van der Waals surface area contributed by atoms with Gasteiger partial charge in [0.2, 0.25) is 15.9 Å². The molecule has 3 aromatic rings. The normalized spacial score (nSPS) is 17.1. The van der Waals surface area contributed by atoms with Crippen LogP contribution in [0.4, 0.5) is 13.2 Å². The van der Waals surface area contributed by atoms with Gasteiger partial charge in [0.1, 0.15) is 5.75 Å². The van der Waals surface area contributed by atoms with Gasteiger partial charge >= 0.3 is 6.18 Å². The maximum Gasteiger partial charge on any atom is 0.416 e. The van der Waals surface area contributed by atoms with Crippen molar-refractivity contribution in [2.24, 2.45) is 11.1 Å². The molecule has 1 aliphatic rings. The van der Waals surface area contributed by atoms with Crippen LogP contribution in [0, 0.1) is 5.41 Å². The van der Waals surface area contributed by atoms with Gasteiger partial charge in [-0.25, -0.2) is 13.1 Å². The van der Waals surface area contributed by atoms with Crippen LogP contribution < -0.4 is 20.5 Å². The number of amides is 1. The van der Waals surface area contributed by atoms with Crippen LogP contribution in [0.15, 0.2) is 71.6 Å². The molecule has 4 N–H and O–H groups in total. The number of benzene rings is 3. The van der Waals surface area contributed by atoms with E-state index in [1.165, 1.54) is 0 Å². The summed E-state index contributed by atoms with van der Waals surface area (Å²) in [5, 5.41) is 3.39. The number of ether oxygens (including phenoxy) is 1. The standard InChI is InChI=1S/C30H33ClF3N3O4S/c1-29(2,3)28(35)21-16-26-22(15-23(21)31)24(12-13-41-26)36-27(38)17-25(18-8-5-4-6-9-18)37-42(39,40)20-11-7-10-19(14-20)30(32,33)34/h4-11,14-16,24-25,28,37H,12-13,17,35H2,1-3H3,(H,36,38). The highest BCUT2D eigenvalue weighted by Crippen LogP contribution is 2.41. The summed E-state index contributed by atoms with van der Waals surface area (Å²) in [6.07, 6.45) is -4.58. The Morgan fingerprint density at radius 1 is 1.07 bits per heavy atom. The fourth-order valence-corrected chi connectivity index (χ4v) is 6.28. The summed E-state index contributed by atoms with van der Waals surface area (Å²) >= 11 is 6.60. The van der Waals surface area contributed by atoms with Crippen molar-refractivity contribution >= 4 is 27.5 Å². The molecule has 1 aliphatic heterocycles. The molecule has 0 spiro atoms. The Kier molecular flexibility index (Phi) is 9.27. The number of carbonyl (C=O) groups is 1. The molecule has 0 radical (unpaired) electrons. The zero-order chi connectivity index (χ0) is 30.9. The minimum Gasteiger partial charge on any atom is -0.493 e. The number of rotatable bonds is 8. The van der Waals surface area contributed by atoms with Crippen molar-refractivity contribution in [2.75, 3.05) is 6.61 Å². The van der Waals surface area contributed by atoms with Gasteiger partial charge in [0, 0.05) is 29.5 Å². The van der Waals surface area contributed by atoms with E-state index in [0.717, 1.165) is 23.8 Å². The molecule has 0 aliphatic carbocycles. The lowest BCUT2D eigenvalue weighted by Gasteiger charge is -2.32. The first-order chi connectivity index (χ1) is 19.6. The van der Waals surface area contributed by atoms with Crippen LogP contribution in [-0.4, -0.2) is 20.9 Å². The van der Waals surface area contributed by atoms with Gasteiger partial charge in [0.15, 0.2) is 0 Å². The molecule has 3 atom stereocenters. The molecule has 42 heavy (non-hydrogen) atoms. The number of nitrogens with one attached hydrogen (secondary N) is 2. The van der Waals surface area contributed by atoms with Gasteiger partial charge in [-0.2, -0.15) is 13.2 Å². The van der Waals surface area contributed by atoms with Crippen molar-refractivity contribution in [3.8, 4) is 5.75 Å². The fourth-order valence-electron chi connectivity index (χ4n) is 4.73. The van der Waals surface area contributed by atoms with Crippen molar-refractivity contribution < 1.29 is 31.1 Å². The van der Waals surface area contributed by atoms with E-state index >= 15 is 0 Å². The lowest BCUT2D eigenvalue weighted by molar-refractivity contribution is -0.137. The maximum absolute atomic E-state index is 13.3. The van der Waals surface area contributed by atoms with Crippen LogP contribution in [0.3, 0.4) is 0 Å². The van der Waals surface area contributed by atoms with Gasteiger partial charge in [0.05, 0.1) is 29.1 Å². The third-order valence-electron chi connectivity index (χ3n) is 7.13. The molecule has 226 valence electrons. The minimum absolute atomic E-state index is 0.256. The van der Waals surface area contributed by atoms with E-state index in [4.69, 9.17) is 22.1 Å². The molecule has 0 bridgehead atoms. The van der Waals surface area contributed by atoms with E-state index in [0.29, 0.717) is 41.0 Å². The van der Waals surface area contributed by atoms with Gasteiger partial charge in [-0.05, 0) is 46.9 Å². The first kappa shape index (κ1) is 31.8. The number of sulfonamides is 1. The second-order valence-electron chi connectivity index (χ2n) is 11.3. The van der Waals surface area contributed by atoms with Gasteiger partial charge in [-0.3, -0.25) is 4.79 Å². The molecule has 12 heteroatoms. The molecule has 1 amide bonds. The predicted octanol–water partition coefficient (Wildman–Crippen LogP) is 6.45. The predicted molar refractivity (Wildman–Crippen MR) is 154 cm³/mol. The Balaban J connectivity index is 1.57. The first-order valence-corrected chi connectivity index (χ1v) is 15.2. The molecular weight excluding hydrogens is 591 g/mol. The molecule has 7 nitrogen and oxygen atoms in total. The average Bonchev–Trinajstić information content (AvgIpc) is 2.92. The van der Waals surface area contributed by atoms with Gasteiger partial charge in [0.25, 0.3) is 0 Å². The second-order valence-corrected chi connectivity index (χ2v) is 13.4. The van der Waals surface area contributed by atoms with Gasteiger partial charge in [-0.1, -0.05) is 68.8 Å². The van der Waals surface area contributed by atoms with Crippen LogP contribution in [0.25, 0.3) is 0 Å². The van der Waals surface area contributed by atoms with E-state index in [1.807, 2.05) is 20.8 Å². The average molecular weight is 624 g/mol. The summed E-state index contributed by atoms with van der Waals surface area (Å²) in [7, 11) is -4.43. The lowest BCUT2D eigenvalue weighted by atomic mass is 9.82. The molecule has 3 aromatic carbocycles. The Morgan fingerprint density at radius 2 is 1.76 bits per heavy atom. The van der Waals surface area contributed by atoms with E-state index in [2.05, 4.69) is 10.0 Å². The van der Waals surface area contributed by atoms with E-state index in [9.17, 15) is 26.4 Å². The molecule has 0 aromatic heterocycles. The summed E-state index contributed by atoms with van der Waals surface area (Å²) < 4.78 is 74.3. The van der Waals surface area contributed by atoms with E-state index in [1.54, 1.807) is 42.5 Å². The van der Waals surface area contributed by atoms with Crippen molar-refractivity contribution in [1.82, 2.24) is 10.0 Å². The Morgan fingerprint density at radius 3 is 2.40 bits per heavy atom. The number of halogens is 4. The number of carbonyl (C=O) groups excluding carboxylic acids is 1. The SMILES string of the molecule is CC(C)(C)C(N)c1cc2c(cc1Cl)C(NC(=O)CC(NS(=O)(=O)c1cccc(C(F)(F)F)c1)c1ccccc1)CCO2. The quantitative estimate of drug-likeness (QED) is 0.267. The van der Waals surface area contributed by atoms with Crippen molar-refractivity contribution in [3.05, 3.63) is 94.0 Å². The van der Waals surface area contributed by atoms with Crippen LogP contribution >= 0.6 is 11.6 Å². The number of hydrogen-bond acceptors (Lipinski definition) is 5. The minimum atomic E-state index is -4.72. The smallest absolute Gasteiger partial charge is 0.416 e. The summed E-state index contributed by atoms with van der Waals surface area (Å²) in [6, 6.07) is 13.4. The van der Waals surface area contributed by atoms with Crippen molar-refractivity contribution in [2.45, 2.75) is 62.8 Å². The van der Waals surface area contributed by atoms with Crippen LogP contribution in [0.2, 0.25) is 5.02 Å². The summed E-state index contributed by atoms with van der Waals surface area (Å²) in [5.41, 5.74) is 6.95. The summed E-state index contributed by atoms with van der Waals surface area (Å²) in [6.45, 7) is 6.33. The Labute approximate surface area is 248 Å². The largest absolute Gasteiger partial charge is 0.493 e. The molecule has 1 heterocycles. The van der Waals surface area contributed by atoms with Crippen LogP contribution in [-0.2, 0) is 21.0 Å². The molecule has 4 rings (SSSR count). The molecule has 0 saturated heterocycles. The summed E-state index contributed by atoms with van der Waals surface area (Å²) in [4.78, 5) is 12.8. The molecule has 0 fully saturated rings.